The van der Waals surface area contributed by atoms with Crippen molar-refractivity contribution in [1.82, 2.24) is 20.5 Å². The zero-order valence-corrected chi connectivity index (χ0v) is 29.7. The Kier molecular flexibility index (Phi) is 13.1. The summed E-state index contributed by atoms with van der Waals surface area (Å²) in [5.41, 5.74) is 13.0. The number of nitrogen functional groups attached to an aromatic ring is 1. The SMILES string of the molecule is Nc1ccccc1NC(=O)CCCCCC(=O)NCc1cccc(-c2ccc(C3OC(CSc4ncn[nH]4)CC(c4ccc(CO)cc4)O3)cc2)c1. The number of benzene rings is 4. The summed E-state index contributed by atoms with van der Waals surface area (Å²) < 4.78 is 13.0. The van der Waals surface area contributed by atoms with Gasteiger partial charge in [-0.3, -0.25) is 14.7 Å². The highest BCUT2D eigenvalue weighted by atomic mass is 32.2. The quantitative estimate of drug-likeness (QED) is 0.0407. The van der Waals surface area contributed by atoms with Gasteiger partial charge >= 0.3 is 0 Å². The van der Waals surface area contributed by atoms with Crippen LogP contribution in [0.1, 0.15) is 73.2 Å². The topological polar surface area (TPSA) is 164 Å². The number of aromatic amines is 1. The number of nitrogens with two attached hydrogens (primary N) is 1. The Morgan fingerprint density at radius 3 is 2.37 bits per heavy atom. The van der Waals surface area contributed by atoms with E-state index in [9.17, 15) is 14.7 Å². The number of carbonyl (C=O) groups excluding carboxylic acids is 2. The molecule has 0 aliphatic carbocycles. The standard InChI is InChI=1S/C40H44N6O5S/c41-34-9-4-5-10-35(34)45-38(49)12-3-1-2-11-37(48)42-23-28-7-6-8-32(21-28)29-17-19-31(20-18-29)39-50-33(25-52-40-43-26-44-46-40)22-36(51-39)30-15-13-27(24-47)14-16-30/h4-10,13-21,26,33,36,39,47H,1-3,11-12,22-25,41H2,(H,42,48)(H,45,49)(H,43,44,46). The molecule has 12 heteroatoms. The van der Waals surface area contributed by atoms with Gasteiger partial charge in [-0.25, -0.2) is 4.98 Å². The van der Waals surface area contributed by atoms with Crippen LogP contribution < -0.4 is 16.4 Å². The summed E-state index contributed by atoms with van der Waals surface area (Å²) in [7, 11) is 0. The molecule has 4 aromatic carbocycles. The fourth-order valence-corrected chi connectivity index (χ4v) is 6.81. The normalized spacial score (nSPS) is 17.1. The lowest BCUT2D eigenvalue weighted by Crippen LogP contribution is -2.31. The minimum Gasteiger partial charge on any atom is -0.397 e. The predicted octanol–water partition coefficient (Wildman–Crippen LogP) is 7.09. The van der Waals surface area contributed by atoms with Crippen molar-refractivity contribution in [3.05, 3.63) is 126 Å². The monoisotopic (exact) mass is 720 g/mol. The van der Waals surface area contributed by atoms with E-state index >= 15 is 0 Å². The number of unbranched alkanes of at least 4 members (excludes halogenated alkanes) is 2. The molecule has 6 N–H and O–H groups in total. The summed E-state index contributed by atoms with van der Waals surface area (Å²) in [5, 5.41) is 22.9. The fourth-order valence-electron chi connectivity index (χ4n) is 6.01. The van der Waals surface area contributed by atoms with E-state index in [1.807, 2.05) is 60.7 Å². The Bertz CT molecular complexity index is 1890. The van der Waals surface area contributed by atoms with Crippen LogP contribution in [0.2, 0.25) is 0 Å². The molecule has 2 amide bonds. The number of thioether (sulfide) groups is 1. The third kappa shape index (κ3) is 10.5. The first-order valence-corrected chi connectivity index (χ1v) is 18.5. The summed E-state index contributed by atoms with van der Waals surface area (Å²) in [6, 6.07) is 31.4. The molecule has 270 valence electrons. The van der Waals surface area contributed by atoms with Crippen molar-refractivity contribution in [2.45, 2.75) is 75.3 Å². The maximum atomic E-state index is 12.6. The van der Waals surface area contributed by atoms with Gasteiger partial charge in [-0.15, -0.1) is 0 Å². The number of hydrogen-bond acceptors (Lipinski definition) is 9. The van der Waals surface area contributed by atoms with Crippen LogP contribution in [0.3, 0.4) is 0 Å². The fraction of sp³-hybridized carbons (Fsp3) is 0.300. The van der Waals surface area contributed by atoms with Gasteiger partial charge in [0.05, 0.1) is 30.2 Å². The molecule has 1 aliphatic heterocycles. The highest BCUT2D eigenvalue weighted by Crippen LogP contribution is 2.39. The predicted molar refractivity (Wildman–Crippen MR) is 202 cm³/mol. The van der Waals surface area contributed by atoms with Crippen LogP contribution in [-0.4, -0.2) is 44.0 Å². The second-order valence-corrected chi connectivity index (χ2v) is 13.8. The third-order valence-electron chi connectivity index (χ3n) is 8.89. The second kappa shape index (κ2) is 18.5. The van der Waals surface area contributed by atoms with E-state index in [2.05, 4.69) is 50.1 Å². The molecule has 0 saturated carbocycles. The molecular weight excluding hydrogens is 677 g/mol. The van der Waals surface area contributed by atoms with E-state index in [1.54, 1.807) is 23.9 Å². The Hall–Kier alpha value is -5.01. The van der Waals surface area contributed by atoms with E-state index in [4.69, 9.17) is 15.2 Å². The van der Waals surface area contributed by atoms with Crippen molar-refractivity contribution in [1.29, 1.82) is 0 Å². The Morgan fingerprint density at radius 2 is 1.62 bits per heavy atom. The van der Waals surface area contributed by atoms with E-state index < -0.39 is 6.29 Å². The van der Waals surface area contributed by atoms with Crippen molar-refractivity contribution in [2.75, 3.05) is 16.8 Å². The summed E-state index contributed by atoms with van der Waals surface area (Å²) in [5.74, 6) is 0.598. The summed E-state index contributed by atoms with van der Waals surface area (Å²) in [4.78, 5) is 29.0. The minimum absolute atomic E-state index is 0.00512. The molecule has 1 aromatic heterocycles. The summed E-state index contributed by atoms with van der Waals surface area (Å²) in [6.07, 6.45) is 4.35. The number of para-hydroxylation sites is 2. The van der Waals surface area contributed by atoms with Crippen LogP contribution in [0.15, 0.2) is 109 Å². The van der Waals surface area contributed by atoms with E-state index in [0.29, 0.717) is 55.8 Å². The first-order chi connectivity index (χ1) is 25.4. The number of aromatic nitrogens is 3. The molecule has 6 rings (SSSR count). The van der Waals surface area contributed by atoms with Crippen LogP contribution in [0.4, 0.5) is 11.4 Å². The van der Waals surface area contributed by atoms with Gasteiger partial charge in [-0.05, 0) is 58.9 Å². The Morgan fingerprint density at radius 1 is 0.846 bits per heavy atom. The average molecular weight is 721 g/mol. The maximum Gasteiger partial charge on any atom is 0.224 e. The lowest BCUT2D eigenvalue weighted by molar-refractivity contribution is -0.245. The first kappa shape index (κ1) is 36.8. The number of nitrogens with one attached hydrogen (secondary N) is 3. The van der Waals surface area contributed by atoms with Crippen molar-refractivity contribution in [2.24, 2.45) is 0 Å². The number of nitrogens with zero attached hydrogens (tertiary/aromatic N) is 2. The molecule has 5 aromatic rings. The van der Waals surface area contributed by atoms with Crippen molar-refractivity contribution < 1.29 is 24.2 Å². The molecule has 0 radical (unpaired) electrons. The van der Waals surface area contributed by atoms with E-state index in [0.717, 1.165) is 45.0 Å². The summed E-state index contributed by atoms with van der Waals surface area (Å²) >= 11 is 1.56. The van der Waals surface area contributed by atoms with Gasteiger partial charge in [0.1, 0.15) is 6.33 Å². The zero-order valence-electron chi connectivity index (χ0n) is 28.9. The highest BCUT2D eigenvalue weighted by Gasteiger charge is 2.32. The molecule has 1 fully saturated rings. The first-order valence-electron chi connectivity index (χ1n) is 17.5. The number of anilines is 2. The lowest BCUT2D eigenvalue weighted by atomic mass is 9.99. The molecule has 3 unspecified atom stereocenters. The van der Waals surface area contributed by atoms with Gasteiger partial charge in [0.25, 0.3) is 0 Å². The van der Waals surface area contributed by atoms with Gasteiger partial charge in [-0.2, -0.15) is 5.10 Å². The Balaban J connectivity index is 0.989. The number of hydrogen-bond donors (Lipinski definition) is 5. The molecule has 52 heavy (non-hydrogen) atoms. The van der Waals surface area contributed by atoms with Gasteiger partial charge in [0.15, 0.2) is 11.4 Å². The smallest absolute Gasteiger partial charge is 0.224 e. The van der Waals surface area contributed by atoms with Crippen LogP contribution in [0.5, 0.6) is 0 Å². The van der Waals surface area contributed by atoms with Gasteiger partial charge < -0.3 is 30.9 Å². The number of aliphatic hydroxyl groups excluding tert-OH is 1. The van der Waals surface area contributed by atoms with Crippen LogP contribution in [0, 0.1) is 0 Å². The highest BCUT2D eigenvalue weighted by molar-refractivity contribution is 7.99. The lowest BCUT2D eigenvalue weighted by Gasteiger charge is -2.36. The molecule has 0 spiro atoms. The zero-order chi connectivity index (χ0) is 36.1. The largest absolute Gasteiger partial charge is 0.397 e. The third-order valence-corrected chi connectivity index (χ3v) is 9.90. The van der Waals surface area contributed by atoms with Crippen molar-refractivity contribution in [3.8, 4) is 11.1 Å². The van der Waals surface area contributed by atoms with Crippen LogP contribution in [-0.2, 0) is 32.2 Å². The number of amides is 2. The molecule has 1 saturated heterocycles. The number of aliphatic hydroxyl groups is 1. The number of H-pyrrole nitrogens is 1. The molecule has 0 bridgehead atoms. The van der Waals surface area contributed by atoms with Crippen molar-refractivity contribution in [3.63, 3.8) is 0 Å². The van der Waals surface area contributed by atoms with E-state index in [1.165, 1.54) is 6.33 Å². The van der Waals surface area contributed by atoms with E-state index in [-0.39, 0.29) is 30.6 Å². The molecule has 11 nitrogen and oxygen atoms in total. The van der Waals surface area contributed by atoms with Gasteiger partial charge in [0, 0.05) is 37.1 Å². The maximum absolute atomic E-state index is 12.6. The van der Waals surface area contributed by atoms with Gasteiger partial charge in [0.2, 0.25) is 11.8 Å². The number of rotatable bonds is 16. The number of ether oxygens (including phenoxy) is 2. The minimum atomic E-state index is -0.557. The molecule has 3 atom stereocenters. The number of carbonyl (C=O) groups is 2. The van der Waals surface area contributed by atoms with Gasteiger partial charge in [-0.1, -0.05) is 97.0 Å². The Labute approximate surface area is 307 Å². The summed E-state index contributed by atoms with van der Waals surface area (Å²) in [6.45, 7) is 0.429. The molecule has 1 aliphatic rings. The second-order valence-electron chi connectivity index (χ2n) is 12.7. The molecule has 2 heterocycles. The molecular formula is C40H44N6O5S. The average Bonchev–Trinajstić information content (AvgIpc) is 3.71. The van der Waals surface area contributed by atoms with Crippen LogP contribution in [0.25, 0.3) is 11.1 Å². The van der Waals surface area contributed by atoms with Crippen LogP contribution >= 0.6 is 11.8 Å². The van der Waals surface area contributed by atoms with Crippen molar-refractivity contribution >= 4 is 35.0 Å².